The van der Waals surface area contributed by atoms with Crippen LogP contribution in [0, 0.1) is 0 Å². The van der Waals surface area contributed by atoms with E-state index in [4.69, 9.17) is 4.74 Å². The Bertz CT molecular complexity index is 1080. The predicted molar refractivity (Wildman–Crippen MR) is 89.1 cm³/mol. The molecular formula is C19H13NO3. The molecule has 0 saturated heterocycles. The van der Waals surface area contributed by atoms with Gasteiger partial charge in [-0.1, -0.05) is 36.4 Å². The van der Waals surface area contributed by atoms with Gasteiger partial charge < -0.3 is 9.14 Å². The van der Waals surface area contributed by atoms with Gasteiger partial charge in [-0.25, -0.2) is 4.79 Å². The van der Waals surface area contributed by atoms with E-state index < -0.39 is 5.97 Å². The number of hydrogen-bond acceptors (Lipinski definition) is 3. The highest BCUT2D eigenvalue weighted by atomic mass is 16.5. The largest absolute Gasteiger partial charge is 0.465 e. The van der Waals surface area contributed by atoms with E-state index in [-0.39, 0.29) is 5.43 Å². The Labute approximate surface area is 131 Å². The Balaban J connectivity index is 2.16. The average Bonchev–Trinajstić information content (AvgIpc) is 2.99. The third-order valence-electron chi connectivity index (χ3n) is 4.08. The maximum absolute atomic E-state index is 12.5. The van der Waals surface area contributed by atoms with Crippen molar-refractivity contribution in [1.29, 1.82) is 0 Å². The maximum Gasteiger partial charge on any atom is 0.340 e. The quantitative estimate of drug-likeness (QED) is 0.534. The van der Waals surface area contributed by atoms with Crippen LogP contribution >= 0.6 is 0 Å². The van der Waals surface area contributed by atoms with E-state index in [1.807, 2.05) is 52.9 Å². The summed E-state index contributed by atoms with van der Waals surface area (Å²) in [5.74, 6) is -0.443. The number of aromatic nitrogens is 1. The van der Waals surface area contributed by atoms with E-state index in [0.29, 0.717) is 16.6 Å². The van der Waals surface area contributed by atoms with Crippen LogP contribution in [0.5, 0.6) is 0 Å². The summed E-state index contributed by atoms with van der Waals surface area (Å²) in [6.45, 7) is 0. The zero-order valence-electron chi connectivity index (χ0n) is 12.4. The monoisotopic (exact) mass is 303 g/mol. The fourth-order valence-electron chi connectivity index (χ4n) is 3.05. The normalized spacial score (nSPS) is 11.2. The van der Waals surface area contributed by atoms with Crippen LogP contribution in [-0.4, -0.2) is 17.5 Å². The number of esters is 1. The van der Waals surface area contributed by atoms with Crippen molar-refractivity contribution in [2.75, 3.05) is 7.11 Å². The first kappa shape index (κ1) is 13.5. The molecule has 1 aromatic carbocycles. The van der Waals surface area contributed by atoms with Crippen LogP contribution in [0.2, 0.25) is 0 Å². The van der Waals surface area contributed by atoms with Crippen molar-refractivity contribution < 1.29 is 9.53 Å². The van der Waals surface area contributed by atoms with Gasteiger partial charge in [0.25, 0.3) is 0 Å². The van der Waals surface area contributed by atoms with Crippen LogP contribution in [0.3, 0.4) is 0 Å². The lowest BCUT2D eigenvalue weighted by Crippen LogP contribution is -2.05. The molecule has 4 aromatic rings. The number of benzene rings is 1. The number of rotatable bonds is 2. The van der Waals surface area contributed by atoms with Gasteiger partial charge in [-0.05, 0) is 29.8 Å². The molecule has 4 nitrogen and oxygen atoms in total. The van der Waals surface area contributed by atoms with E-state index in [9.17, 15) is 9.59 Å². The third-order valence-corrected chi connectivity index (χ3v) is 4.08. The number of carbonyl (C=O) groups is 1. The van der Waals surface area contributed by atoms with E-state index in [2.05, 4.69) is 0 Å². The minimum atomic E-state index is -0.443. The molecule has 0 amide bonds. The minimum Gasteiger partial charge on any atom is -0.465 e. The summed E-state index contributed by atoms with van der Waals surface area (Å²) in [6.07, 6.45) is 0. The van der Waals surface area contributed by atoms with Crippen molar-refractivity contribution in [3.8, 4) is 11.1 Å². The first-order valence-electron chi connectivity index (χ1n) is 7.25. The molecule has 0 aliphatic rings. The topological polar surface area (TPSA) is 47.8 Å². The summed E-state index contributed by atoms with van der Waals surface area (Å²) >= 11 is 0. The third kappa shape index (κ3) is 1.92. The second kappa shape index (κ2) is 4.95. The van der Waals surface area contributed by atoms with Crippen LogP contribution < -0.4 is 5.43 Å². The SMILES string of the molecule is COC(=O)c1cc2c(=O)cc(-c3ccccc3)c3cccc1n32. The molecule has 23 heavy (non-hydrogen) atoms. The Hall–Kier alpha value is -3.14. The Morgan fingerprint density at radius 1 is 0.913 bits per heavy atom. The molecule has 4 heteroatoms. The fourth-order valence-corrected chi connectivity index (χ4v) is 3.05. The highest BCUT2D eigenvalue weighted by Gasteiger charge is 2.18. The molecule has 4 rings (SSSR count). The van der Waals surface area contributed by atoms with E-state index in [0.717, 1.165) is 16.6 Å². The number of carbonyl (C=O) groups excluding carboxylic acids is 1. The maximum atomic E-state index is 12.5. The van der Waals surface area contributed by atoms with Gasteiger partial charge in [0.2, 0.25) is 5.43 Å². The van der Waals surface area contributed by atoms with Crippen molar-refractivity contribution in [2.45, 2.75) is 0 Å². The summed E-state index contributed by atoms with van der Waals surface area (Å²) in [6, 6.07) is 18.6. The average molecular weight is 303 g/mol. The highest BCUT2D eigenvalue weighted by Crippen LogP contribution is 2.28. The second-order valence-corrected chi connectivity index (χ2v) is 5.35. The van der Waals surface area contributed by atoms with Crippen LogP contribution in [0.25, 0.3) is 27.7 Å². The summed E-state index contributed by atoms with van der Waals surface area (Å²) in [4.78, 5) is 24.5. The first-order chi connectivity index (χ1) is 11.2. The van der Waals surface area contributed by atoms with Crippen molar-refractivity contribution in [1.82, 2.24) is 4.40 Å². The lowest BCUT2D eigenvalue weighted by atomic mass is 10.0. The van der Waals surface area contributed by atoms with Crippen molar-refractivity contribution >= 4 is 22.5 Å². The number of methoxy groups -OCH3 is 1. The molecule has 3 aromatic heterocycles. The molecule has 0 aliphatic heterocycles. The van der Waals surface area contributed by atoms with Gasteiger partial charge in [0.1, 0.15) is 0 Å². The molecule has 0 N–H and O–H groups in total. The van der Waals surface area contributed by atoms with Gasteiger partial charge in [0.05, 0.1) is 29.2 Å². The van der Waals surface area contributed by atoms with Gasteiger partial charge in [0.15, 0.2) is 0 Å². The Morgan fingerprint density at radius 2 is 1.65 bits per heavy atom. The number of pyridine rings is 2. The summed E-state index contributed by atoms with van der Waals surface area (Å²) in [5.41, 5.74) is 4.15. The van der Waals surface area contributed by atoms with Gasteiger partial charge in [-0.2, -0.15) is 0 Å². The summed E-state index contributed by atoms with van der Waals surface area (Å²) in [5, 5.41) is 0. The van der Waals surface area contributed by atoms with Crippen LogP contribution in [0.15, 0.2) is 65.5 Å². The number of ether oxygens (including phenoxy) is 1. The molecular weight excluding hydrogens is 290 g/mol. The molecule has 0 saturated carbocycles. The standard InChI is InChI=1S/C19H13NO3/c1-23-19(22)14-10-17-18(21)11-13(12-6-3-2-4-7-12)15-8-5-9-16(14)20(15)17/h2-11H,1H3. The van der Waals surface area contributed by atoms with Crippen LogP contribution in [0.1, 0.15) is 10.4 Å². The number of nitrogens with zero attached hydrogens (tertiary/aromatic N) is 1. The first-order valence-corrected chi connectivity index (χ1v) is 7.25. The molecule has 0 unspecified atom stereocenters. The molecule has 0 bridgehead atoms. The fraction of sp³-hybridized carbons (Fsp3) is 0.0526. The molecule has 0 atom stereocenters. The Kier molecular flexibility index (Phi) is 2.91. The van der Waals surface area contributed by atoms with E-state index >= 15 is 0 Å². The van der Waals surface area contributed by atoms with Crippen molar-refractivity contribution in [2.24, 2.45) is 0 Å². The highest BCUT2D eigenvalue weighted by molar-refractivity contribution is 6.02. The molecule has 112 valence electrons. The van der Waals surface area contributed by atoms with Gasteiger partial charge >= 0.3 is 5.97 Å². The molecule has 0 spiro atoms. The summed E-state index contributed by atoms with van der Waals surface area (Å²) < 4.78 is 6.66. The van der Waals surface area contributed by atoms with E-state index in [1.165, 1.54) is 7.11 Å². The van der Waals surface area contributed by atoms with Gasteiger partial charge in [-0.3, -0.25) is 4.79 Å². The molecule has 0 radical (unpaired) electrons. The molecule has 0 fully saturated rings. The molecule has 0 aliphatic carbocycles. The van der Waals surface area contributed by atoms with Crippen LogP contribution in [0.4, 0.5) is 0 Å². The van der Waals surface area contributed by atoms with E-state index in [1.54, 1.807) is 12.1 Å². The Morgan fingerprint density at radius 3 is 2.39 bits per heavy atom. The second-order valence-electron chi connectivity index (χ2n) is 5.35. The lowest BCUT2D eigenvalue weighted by molar-refractivity contribution is 0.0603. The zero-order chi connectivity index (χ0) is 16.0. The smallest absolute Gasteiger partial charge is 0.340 e. The molecule has 3 heterocycles. The van der Waals surface area contributed by atoms with Crippen molar-refractivity contribution in [3.63, 3.8) is 0 Å². The number of hydrogen-bond donors (Lipinski definition) is 0. The predicted octanol–water partition coefficient (Wildman–Crippen LogP) is 3.34. The lowest BCUT2D eigenvalue weighted by Gasteiger charge is -2.09. The summed E-state index contributed by atoms with van der Waals surface area (Å²) in [7, 11) is 1.34. The van der Waals surface area contributed by atoms with Gasteiger partial charge in [-0.15, -0.1) is 0 Å². The minimum absolute atomic E-state index is 0.118. The zero-order valence-corrected chi connectivity index (χ0v) is 12.4. The van der Waals surface area contributed by atoms with Crippen LogP contribution in [-0.2, 0) is 4.74 Å². The van der Waals surface area contributed by atoms with Crippen molar-refractivity contribution in [3.05, 3.63) is 76.5 Å². The van der Waals surface area contributed by atoms with Gasteiger partial charge in [0, 0.05) is 5.56 Å².